The van der Waals surface area contributed by atoms with E-state index in [1.165, 1.54) is 5.56 Å². The van der Waals surface area contributed by atoms with Gasteiger partial charge in [-0.2, -0.15) is 0 Å². The fourth-order valence-corrected chi connectivity index (χ4v) is 4.18. The molecule has 2 heterocycles. The predicted octanol–water partition coefficient (Wildman–Crippen LogP) is 3.32. The van der Waals surface area contributed by atoms with E-state index in [4.69, 9.17) is 4.74 Å². The Balaban J connectivity index is 0.00000272. The minimum atomic E-state index is -0.600. The first-order chi connectivity index (χ1) is 14.5. The van der Waals surface area contributed by atoms with Crippen molar-refractivity contribution < 1.29 is 9.84 Å². The smallest absolute Gasteiger partial charge is 0.191 e. The number of aliphatic hydroxyl groups is 1. The minimum Gasteiger partial charge on any atom is -0.491 e. The number of likely N-dealkylation sites (tertiary alicyclic amines) is 1. The summed E-state index contributed by atoms with van der Waals surface area (Å²) in [6.45, 7) is 8.22. The highest BCUT2D eigenvalue weighted by atomic mass is 127. The van der Waals surface area contributed by atoms with Gasteiger partial charge < -0.3 is 20.5 Å². The second-order valence-corrected chi connectivity index (χ2v) is 8.65. The van der Waals surface area contributed by atoms with E-state index in [-0.39, 0.29) is 35.6 Å². The van der Waals surface area contributed by atoms with Crippen molar-refractivity contribution in [2.75, 3.05) is 26.2 Å². The molecule has 31 heavy (non-hydrogen) atoms. The first-order valence-corrected chi connectivity index (χ1v) is 10.8. The number of aliphatic imine (C=N–C) groups is 1. The molecule has 2 aliphatic heterocycles. The molecule has 4 rings (SSSR count). The highest BCUT2D eigenvalue weighted by Gasteiger charge is 2.41. The van der Waals surface area contributed by atoms with Crippen molar-refractivity contribution in [2.45, 2.75) is 44.6 Å². The molecule has 2 aromatic rings. The summed E-state index contributed by atoms with van der Waals surface area (Å²) >= 11 is 0. The molecule has 2 atom stereocenters. The summed E-state index contributed by atoms with van der Waals surface area (Å²) in [5.41, 5.74) is 2.22. The van der Waals surface area contributed by atoms with Crippen LogP contribution in [-0.2, 0) is 6.54 Å². The van der Waals surface area contributed by atoms with Crippen molar-refractivity contribution in [3.8, 4) is 5.75 Å². The number of halogens is 1. The Labute approximate surface area is 202 Å². The van der Waals surface area contributed by atoms with Crippen molar-refractivity contribution in [3.05, 3.63) is 65.7 Å². The van der Waals surface area contributed by atoms with Crippen molar-refractivity contribution in [1.29, 1.82) is 0 Å². The molecule has 0 aromatic heterocycles. The molecule has 0 saturated carbocycles. The van der Waals surface area contributed by atoms with Crippen LogP contribution in [0.25, 0.3) is 0 Å². The molecule has 2 aromatic carbocycles. The normalized spacial score (nSPS) is 21.5. The summed E-state index contributed by atoms with van der Waals surface area (Å²) in [5.74, 6) is 1.61. The van der Waals surface area contributed by atoms with Crippen LogP contribution in [0.4, 0.5) is 0 Å². The topological polar surface area (TPSA) is 69.1 Å². The number of rotatable bonds is 7. The Morgan fingerprint density at radius 1 is 1.16 bits per heavy atom. The summed E-state index contributed by atoms with van der Waals surface area (Å²) in [4.78, 5) is 7.14. The van der Waals surface area contributed by atoms with Crippen molar-refractivity contribution in [2.24, 2.45) is 4.99 Å². The molecule has 0 aliphatic carbocycles. The van der Waals surface area contributed by atoms with E-state index in [0.29, 0.717) is 6.54 Å². The predicted molar refractivity (Wildman–Crippen MR) is 135 cm³/mol. The van der Waals surface area contributed by atoms with E-state index in [0.717, 1.165) is 49.9 Å². The van der Waals surface area contributed by atoms with Crippen LogP contribution < -0.4 is 15.4 Å². The number of benzene rings is 2. The van der Waals surface area contributed by atoms with E-state index in [2.05, 4.69) is 50.9 Å². The fraction of sp³-hybridized carbons (Fsp3) is 0.458. The molecule has 2 aliphatic rings. The van der Waals surface area contributed by atoms with Gasteiger partial charge in [-0.3, -0.25) is 9.89 Å². The Bertz CT molecular complexity index is 860. The lowest BCUT2D eigenvalue weighted by atomic mass is 10.0. The first-order valence-electron chi connectivity index (χ1n) is 10.8. The van der Waals surface area contributed by atoms with E-state index >= 15 is 0 Å². The lowest BCUT2D eigenvalue weighted by Crippen LogP contribution is -2.51. The van der Waals surface area contributed by atoms with Gasteiger partial charge in [-0.05, 0) is 43.5 Å². The lowest BCUT2D eigenvalue weighted by Gasteiger charge is -2.25. The summed E-state index contributed by atoms with van der Waals surface area (Å²) in [7, 11) is 0. The quantitative estimate of drug-likeness (QED) is 0.474. The van der Waals surface area contributed by atoms with Gasteiger partial charge in [0.15, 0.2) is 5.96 Å². The number of hydrogen-bond acceptors (Lipinski definition) is 6. The molecule has 0 bridgehead atoms. The molecule has 7 heteroatoms. The molecular formula is C24H33IN4O2. The Hall–Kier alpha value is -1.84. The van der Waals surface area contributed by atoms with E-state index < -0.39 is 6.10 Å². The van der Waals surface area contributed by atoms with Gasteiger partial charge in [0.2, 0.25) is 0 Å². The van der Waals surface area contributed by atoms with Crippen LogP contribution in [0.2, 0.25) is 0 Å². The molecule has 1 spiro atoms. The Kier molecular flexibility index (Phi) is 8.18. The molecule has 3 N–H and O–H groups in total. The molecule has 0 radical (unpaired) electrons. The largest absolute Gasteiger partial charge is 0.491 e. The summed E-state index contributed by atoms with van der Waals surface area (Å²) in [5, 5.41) is 17.4. The molecule has 2 unspecified atom stereocenters. The molecular weight excluding hydrogens is 503 g/mol. The van der Waals surface area contributed by atoms with Crippen LogP contribution in [0.3, 0.4) is 0 Å². The molecule has 6 nitrogen and oxygen atoms in total. The first kappa shape index (κ1) is 23.8. The second kappa shape index (κ2) is 10.7. The van der Waals surface area contributed by atoms with Crippen molar-refractivity contribution in [1.82, 2.24) is 15.5 Å². The number of nitrogens with one attached hydrogen (secondary N) is 2. The van der Waals surface area contributed by atoms with Gasteiger partial charge >= 0.3 is 0 Å². The van der Waals surface area contributed by atoms with E-state index in [1.54, 1.807) is 0 Å². The fourth-order valence-electron chi connectivity index (χ4n) is 4.18. The van der Waals surface area contributed by atoms with Gasteiger partial charge in [-0.15, -0.1) is 24.0 Å². The molecule has 0 amide bonds. The molecule has 1 fully saturated rings. The number of guanidine groups is 1. The van der Waals surface area contributed by atoms with Crippen LogP contribution in [0.5, 0.6) is 5.75 Å². The lowest BCUT2D eigenvalue weighted by molar-refractivity contribution is 0.180. The van der Waals surface area contributed by atoms with Gasteiger partial charge in [0.1, 0.15) is 5.75 Å². The maximum atomic E-state index is 10.5. The highest BCUT2D eigenvalue weighted by Crippen LogP contribution is 2.26. The summed E-state index contributed by atoms with van der Waals surface area (Å²) < 4.78 is 5.66. The third-order valence-electron chi connectivity index (χ3n) is 5.70. The summed E-state index contributed by atoms with van der Waals surface area (Å²) in [6.07, 6.45) is 0.617. The van der Waals surface area contributed by atoms with Crippen LogP contribution in [0.1, 0.15) is 37.5 Å². The number of nitrogens with zero attached hydrogens (tertiary/aromatic N) is 2. The van der Waals surface area contributed by atoms with Crippen LogP contribution in [0, 0.1) is 0 Å². The maximum absolute atomic E-state index is 10.5. The SMILES string of the molecule is CC(C)Oc1ccc(C(O)CNC2=NCC3(CCN(Cc4ccccc4)C3)N2)cc1.I. The van der Waals surface area contributed by atoms with Crippen LogP contribution in [0.15, 0.2) is 59.6 Å². The zero-order chi connectivity index (χ0) is 21.0. The van der Waals surface area contributed by atoms with E-state index in [1.807, 2.05) is 38.1 Å². The third-order valence-corrected chi connectivity index (χ3v) is 5.70. The van der Waals surface area contributed by atoms with Crippen molar-refractivity contribution in [3.63, 3.8) is 0 Å². The van der Waals surface area contributed by atoms with Gasteiger partial charge in [0, 0.05) is 26.2 Å². The van der Waals surface area contributed by atoms with Gasteiger partial charge in [0.25, 0.3) is 0 Å². The zero-order valence-electron chi connectivity index (χ0n) is 18.3. The minimum absolute atomic E-state index is 0. The van der Waals surface area contributed by atoms with E-state index in [9.17, 15) is 5.11 Å². The highest BCUT2D eigenvalue weighted by molar-refractivity contribution is 14.0. The Morgan fingerprint density at radius 2 is 1.90 bits per heavy atom. The van der Waals surface area contributed by atoms with Crippen LogP contribution >= 0.6 is 24.0 Å². The van der Waals surface area contributed by atoms with Gasteiger partial charge in [-0.1, -0.05) is 42.5 Å². The zero-order valence-corrected chi connectivity index (χ0v) is 20.6. The monoisotopic (exact) mass is 536 g/mol. The number of aliphatic hydroxyl groups excluding tert-OH is 1. The summed E-state index contributed by atoms with van der Waals surface area (Å²) in [6, 6.07) is 18.2. The molecule has 168 valence electrons. The molecule has 1 saturated heterocycles. The Morgan fingerprint density at radius 3 is 2.61 bits per heavy atom. The standard InChI is InChI=1S/C24H32N4O2.HI/c1-18(2)30-21-10-8-20(9-11-21)22(29)14-25-23-26-16-24(27-23)12-13-28(17-24)15-19-6-4-3-5-7-19;/h3-11,18,22,29H,12-17H2,1-2H3,(H2,25,26,27);1H. The second-order valence-electron chi connectivity index (χ2n) is 8.65. The number of ether oxygens (including phenoxy) is 1. The van der Waals surface area contributed by atoms with Gasteiger partial charge in [0.05, 0.1) is 24.3 Å². The number of hydrogen-bond donors (Lipinski definition) is 3. The maximum Gasteiger partial charge on any atom is 0.191 e. The average Bonchev–Trinajstić information content (AvgIpc) is 3.33. The van der Waals surface area contributed by atoms with Crippen LogP contribution in [-0.4, -0.2) is 53.8 Å². The third kappa shape index (κ3) is 6.33. The van der Waals surface area contributed by atoms with Crippen molar-refractivity contribution >= 4 is 29.9 Å². The van der Waals surface area contributed by atoms with Gasteiger partial charge in [-0.25, -0.2) is 0 Å². The average molecular weight is 536 g/mol.